The lowest BCUT2D eigenvalue weighted by Crippen LogP contribution is -2.17. The summed E-state index contributed by atoms with van der Waals surface area (Å²) in [6, 6.07) is 16.7. The first-order valence-electron chi connectivity index (χ1n) is 8.32. The molecule has 0 fully saturated rings. The average molecular weight is 391 g/mol. The van der Waals surface area contributed by atoms with E-state index in [2.05, 4.69) is 15.6 Å². The molecule has 0 unspecified atom stereocenters. The number of carbonyl (C=O) groups is 2. The fourth-order valence-electron chi connectivity index (χ4n) is 2.50. The number of carbonyl (C=O) groups excluding carboxylic acids is 2. The first-order valence-corrected chi connectivity index (χ1v) is 8.70. The predicted octanol–water partition coefficient (Wildman–Crippen LogP) is 4.42. The summed E-state index contributed by atoms with van der Waals surface area (Å²) in [7, 11) is 0. The minimum absolute atomic E-state index is 0.0585. The molecule has 3 rings (SSSR count). The molecule has 7 heteroatoms. The molecule has 3 aromatic rings. The van der Waals surface area contributed by atoms with E-state index in [9.17, 15) is 9.59 Å². The van der Waals surface area contributed by atoms with Gasteiger partial charge in [0.25, 0.3) is 11.8 Å². The van der Waals surface area contributed by atoms with E-state index in [1.807, 2.05) is 13.0 Å². The van der Waals surface area contributed by atoms with Gasteiger partial charge in [0.15, 0.2) is 0 Å². The maximum atomic E-state index is 12.6. The van der Waals surface area contributed by atoms with Gasteiger partial charge >= 0.3 is 0 Å². The quantitative estimate of drug-likeness (QED) is 0.689. The fraction of sp³-hybridized carbons (Fsp3) is 0.0476. The van der Waals surface area contributed by atoms with Crippen molar-refractivity contribution in [2.24, 2.45) is 0 Å². The minimum Gasteiger partial charge on any atom is -0.322 e. The highest BCUT2D eigenvalue weighted by Crippen LogP contribution is 2.21. The molecule has 2 amide bonds. The molecule has 0 spiro atoms. The van der Waals surface area contributed by atoms with E-state index in [-0.39, 0.29) is 17.2 Å². The van der Waals surface area contributed by atoms with Gasteiger partial charge in [-0.3, -0.25) is 14.6 Å². The largest absolute Gasteiger partial charge is 0.322 e. The third-order valence-corrected chi connectivity index (χ3v) is 4.23. The van der Waals surface area contributed by atoms with Crippen LogP contribution in [0.25, 0.3) is 0 Å². The first kappa shape index (κ1) is 19.1. The SMILES string of the molecule is Cc1ccc(Cl)cc1NC(=O)c1ccnc(C(=O)Nc2ccccc2C#N)c1. The summed E-state index contributed by atoms with van der Waals surface area (Å²) in [5.41, 5.74) is 2.49. The van der Waals surface area contributed by atoms with E-state index < -0.39 is 5.91 Å². The van der Waals surface area contributed by atoms with Gasteiger partial charge in [0.05, 0.1) is 11.3 Å². The van der Waals surface area contributed by atoms with E-state index in [0.717, 1.165) is 5.56 Å². The highest BCUT2D eigenvalue weighted by Gasteiger charge is 2.14. The molecule has 0 aliphatic rings. The molecule has 0 bridgehead atoms. The molecule has 1 heterocycles. The maximum absolute atomic E-state index is 12.6. The number of rotatable bonds is 4. The van der Waals surface area contributed by atoms with Gasteiger partial charge in [0.1, 0.15) is 11.8 Å². The number of anilines is 2. The molecule has 6 nitrogen and oxygen atoms in total. The van der Waals surface area contributed by atoms with Crippen LogP contribution in [0.5, 0.6) is 0 Å². The van der Waals surface area contributed by atoms with Crippen LogP contribution in [0.1, 0.15) is 32.0 Å². The molecule has 0 atom stereocenters. The Morgan fingerprint density at radius 1 is 1.00 bits per heavy atom. The number of benzene rings is 2. The number of hydrogen-bond donors (Lipinski definition) is 2. The van der Waals surface area contributed by atoms with Crippen molar-refractivity contribution in [1.82, 2.24) is 4.98 Å². The lowest BCUT2D eigenvalue weighted by molar-refractivity contribution is 0.102. The summed E-state index contributed by atoms with van der Waals surface area (Å²) in [6.45, 7) is 1.85. The second kappa shape index (κ2) is 8.33. The van der Waals surface area contributed by atoms with E-state index in [1.165, 1.54) is 18.3 Å². The summed E-state index contributed by atoms with van der Waals surface area (Å²) in [5.74, 6) is -0.907. The zero-order chi connectivity index (χ0) is 20.1. The number of nitrogens with zero attached hydrogens (tertiary/aromatic N) is 2. The Labute approximate surface area is 166 Å². The highest BCUT2D eigenvalue weighted by atomic mass is 35.5. The van der Waals surface area contributed by atoms with Gasteiger partial charge < -0.3 is 10.6 Å². The van der Waals surface area contributed by atoms with Crippen LogP contribution < -0.4 is 10.6 Å². The van der Waals surface area contributed by atoms with Crippen LogP contribution in [-0.4, -0.2) is 16.8 Å². The van der Waals surface area contributed by atoms with Gasteiger partial charge in [-0.05, 0) is 48.9 Å². The lowest BCUT2D eigenvalue weighted by atomic mass is 10.1. The van der Waals surface area contributed by atoms with Gasteiger partial charge in [-0.25, -0.2) is 0 Å². The Balaban J connectivity index is 1.80. The average Bonchev–Trinajstić information content (AvgIpc) is 2.71. The van der Waals surface area contributed by atoms with Gasteiger partial charge in [-0.2, -0.15) is 5.26 Å². The molecule has 0 aliphatic carbocycles. The van der Waals surface area contributed by atoms with Crippen LogP contribution in [0.15, 0.2) is 60.8 Å². The van der Waals surface area contributed by atoms with Gasteiger partial charge in [-0.15, -0.1) is 0 Å². The number of halogens is 1. The van der Waals surface area contributed by atoms with Crippen molar-refractivity contribution in [3.05, 3.63) is 88.2 Å². The number of amides is 2. The Morgan fingerprint density at radius 2 is 1.75 bits per heavy atom. The topological polar surface area (TPSA) is 94.9 Å². The van der Waals surface area contributed by atoms with Gasteiger partial charge in [0.2, 0.25) is 0 Å². The molecular weight excluding hydrogens is 376 g/mol. The van der Waals surface area contributed by atoms with Crippen molar-refractivity contribution in [2.75, 3.05) is 10.6 Å². The standard InChI is InChI=1S/C21H15ClN4O2/c1-13-6-7-16(22)11-18(13)26-20(27)14-8-9-24-19(10-14)21(28)25-17-5-3-2-4-15(17)12-23/h2-11H,1H3,(H,25,28)(H,26,27). The Bertz CT molecular complexity index is 1110. The first-order chi connectivity index (χ1) is 13.5. The number of aryl methyl sites for hydroxylation is 1. The monoisotopic (exact) mass is 390 g/mol. The van der Waals surface area contributed by atoms with Crippen molar-refractivity contribution in [1.29, 1.82) is 5.26 Å². The van der Waals surface area contributed by atoms with Crippen LogP contribution >= 0.6 is 11.6 Å². The number of pyridine rings is 1. The van der Waals surface area contributed by atoms with Gasteiger partial charge in [0, 0.05) is 22.5 Å². The van der Waals surface area contributed by atoms with E-state index in [0.29, 0.717) is 22.0 Å². The summed E-state index contributed by atoms with van der Waals surface area (Å²) in [6.07, 6.45) is 1.38. The number of nitrogens with one attached hydrogen (secondary N) is 2. The van der Waals surface area contributed by atoms with Crippen LogP contribution in [0, 0.1) is 18.3 Å². The second-order valence-corrected chi connectivity index (χ2v) is 6.39. The summed E-state index contributed by atoms with van der Waals surface area (Å²) in [5, 5.41) is 15.0. The molecule has 1 aromatic heterocycles. The summed E-state index contributed by atoms with van der Waals surface area (Å²) in [4.78, 5) is 29.1. The lowest BCUT2D eigenvalue weighted by Gasteiger charge is -2.10. The van der Waals surface area contributed by atoms with Crippen molar-refractivity contribution in [2.45, 2.75) is 6.92 Å². The second-order valence-electron chi connectivity index (χ2n) is 5.95. The molecule has 0 saturated heterocycles. The van der Waals surface area contributed by atoms with Crippen LogP contribution in [0.2, 0.25) is 5.02 Å². The Kier molecular flexibility index (Phi) is 5.68. The highest BCUT2D eigenvalue weighted by molar-refractivity contribution is 6.31. The summed E-state index contributed by atoms with van der Waals surface area (Å²) < 4.78 is 0. The maximum Gasteiger partial charge on any atom is 0.274 e. The third-order valence-electron chi connectivity index (χ3n) is 4.00. The van der Waals surface area contributed by atoms with Crippen molar-refractivity contribution in [3.8, 4) is 6.07 Å². The number of aromatic nitrogens is 1. The van der Waals surface area contributed by atoms with Crippen molar-refractivity contribution in [3.63, 3.8) is 0 Å². The van der Waals surface area contributed by atoms with Crippen molar-refractivity contribution < 1.29 is 9.59 Å². The van der Waals surface area contributed by atoms with Gasteiger partial charge in [-0.1, -0.05) is 29.8 Å². The number of para-hydroxylation sites is 1. The smallest absolute Gasteiger partial charge is 0.274 e. The molecule has 0 aliphatic heterocycles. The van der Waals surface area contributed by atoms with Crippen LogP contribution in [0.4, 0.5) is 11.4 Å². The minimum atomic E-state index is -0.517. The zero-order valence-electron chi connectivity index (χ0n) is 14.9. The number of nitriles is 1. The molecule has 2 N–H and O–H groups in total. The zero-order valence-corrected chi connectivity index (χ0v) is 15.6. The Morgan fingerprint density at radius 3 is 2.54 bits per heavy atom. The molecule has 0 saturated carbocycles. The van der Waals surface area contributed by atoms with E-state index >= 15 is 0 Å². The van der Waals surface area contributed by atoms with Crippen LogP contribution in [-0.2, 0) is 0 Å². The summed E-state index contributed by atoms with van der Waals surface area (Å²) >= 11 is 5.98. The molecule has 138 valence electrons. The predicted molar refractivity (Wildman–Crippen MR) is 107 cm³/mol. The molecule has 28 heavy (non-hydrogen) atoms. The molecular formula is C21H15ClN4O2. The normalized spacial score (nSPS) is 10.0. The Hall–Kier alpha value is -3.69. The van der Waals surface area contributed by atoms with E-state index in [4.69, 9.17) is 16.9 Å². The molecule has 0 radical (unpaired) electrons. The van der Waals surface area contributed by atoms with Crippen molar-refractivity contribution >= 4 is 34.8 Å². The van der Waals surface area contributed by atoms with Crippen LogP contribution in [0.3, 0.4) is 0 Å². The third kappa shape index (κ3) is 4.34. The molecule has 2 aromatic carbocycles. The fourth-order valence-corrected chi connectivity index (χ4v) is 2.67. The van der Waals surface area contributed by atoms with E-state index in [1.54, 1.807) is 42.5 Å². The number of hydrogen-bond acceptors (Lipinski definition) is 4.